The van der Waals surface area contributed by atoms with Crippen LogP contribution < -0.4 is 0 Å². The van der Waals surface area contributed by atoms with E-state index in [0.717, 1.165) is 6.42 Å². The van der Waals surface area contributed by atoms with Gasteiger partial charge >= 0.3 is 5.97 Å². The minimum absolute atomic E-state index is 0.118. The topological polar surface area (TPSA) is 35.5 Å². The second-order valence-corrected chi connectivity index (χ2v) is 11.7. The van der Waals surface area contributed by atoms with E-state index in [9.17, 15) is 9.18 Å². The summed E-state index contributed by atoms with van der Waals surface area (Å²) in [5, 5.41) is 0. The molecule has 3 nitrogen and oxygen atoms in total. The van der Waals surface area contributed by atoms with Crippen molar-refractivity contribution in [3.63, 3.8) is 0 Å². The maximum absolute atomic E-state index is 13.2. The largest absolute Gasteiger partial charge is 0.467 e. The molecular weight excluding hydrogens is 275 g/mol. The van der Waals surface area contributed by atoms with Gasteiger partial charge in [0.15, 0.2) is 5.60 Å². The lowest BCUT2D eigenvalue weighted by molar-refractivity contribution is -0.165. The van der Waals surface area contributed by atoms with Crippen LogP contribution in [0.5, 0.6) is 0 Å². The summed E-state index contributed by atoms with van der Waals surface area (Å²) in [6.45, 7) is 7.18. The first-order valence-corrected chi connectivity index (χ1v) is 10.4. The van der Waals surface area contributed by atoms with Crippen LogP contribution in [0.2, 0.25) is 25.2 Å². The number of carbonyl (C=O) groups excluding carboxylic acids is 1. The predicted molar refractivity (Wildman–Crippen MR) is 77.8 cm³/mol. The van der Waals surface area contributed by atoms with Gasteiger partial charge in [0.2, 0.25) is 0 Å². The van der Waals surface area contributed by atoms with Gasteiger partial charge in [0, 0.05) is 12.1 Å². The Morgan fingerprint density at radius 3 is 2.45 bits per heavy atom. The van der Waals surface area contributed by atoms with Crippen LogP contribution in [-0.4, -0.2) is 27.8 Å². The molecule has 0 N–H and O–H groups in total. The molecule has 0 saturated carbocycles. The van der Waals surface area contributed by atoms with E-state index in [2.05, 4.69) is 19.6 Å². The highest BCUT2D eigenvalue weighted by Crippen LogP contribution is 2.51. The van der Waals surface area contributed by atoms with E-state index in [1.54, 1.807) is 12.1 Å². The molecule has 0 radical (unpaired) electrons. The van der Waals surface area contributed by atoms with E-state index >= 15 is 0 Å². The number of benzene rings is 1. The van der Waals surface area contributed by atoms with Crippen molar-refractivity contribution >= 4 is 14.0 Å². The van der Waals surface area contributed by atoms with Gasteiger partial charge < -0.3 is 9.47 Å². The first-order valence-electron chi connectivity index (χ1n) is 6.81. The number of hydrogen-bond donors (Lipinski definition) is 0. The summed E-state index contributed by atoms with van der Waals surface area (Å²) >= 11 is 0. The number of ether oxygens (including phenoxy) is 2. The number of methoxy groups -OCH3 is 1. The van der Waals surface area contributed by atoms with Crippen LogP contribution in [0.25, 0.3) is 0 Å². The van der Waals surface area contributed by atoms with Gasteiger partial charge in [-0.2, -0.15) is 0 Å². The first kappa shape index (κ1) is 15.2. The van der Waals surface area contributed by atoms with Crippen molar-refractivity contribution in [3.05, 3.63) is 35.6 Å². The van der Waals surface area contributed by atoms with Crippen molar-refractivity contribution in [2.75, 3.05) is 13.7 Å². The molecule has 1 heterocycles. The summed E-state index contributed by atoms with van der Waals surface area (Å²) in [6, 6.07) is 5.99. The Kier molecular flexibility index (Phi) is 4.02. The summed E-state index contributed by atoms with van der Waals surface area (Å²) in [5.74, 6) is -0.703. The van der Waals surface area contributed by atoms with Crippen LogP contribution in [0, 0.1) is 5.82 Å². The maximum Gasteiger partial charge on any atom is 0.342 e. The third kappa shape index (κ3) is 2.40. The lowest BCUT2D eigenvalue weighted by atomic mass is 9.90. The molecule has 1 aromatic rings. The summed E-state index contributed by atoms with van der Waals surface area (Å²) in [6.07, 6.45) is 0.836. The Labute approximate surface area is 120 Å². The standard InChI is InChI=1S/C15H21FO3Si/c1-18-14(17)15(11-5-7-12(16)8-6-11)13(9-10-19-15)20(2,3)4/h5-8,13H,9-10H2,1-4H3. The molecule has 1 fully saturated rings. The molecule has 0 aliphatic carbocycles. The Morgan fingerprint density at radius 2 is 1.95 bits per heavy atom. The number of esters is 1. The lowest BCUT2D eigenvalue weighted by Crippen LogP contribution is -2.47. The third-order valence-electron chi connectivity index (χ3n) is 4.03. The van der Waals surface area contributed by atoms with Gasteiger partial charge in [-0.3, -0.25) is 0 Å². The number of carbonyl (C=O) groups is 1. The van der Waals surface area contributed by atoms with Gasteiger partial charge in [0.05, 0.1) is 15.2 Å². The SMILES string of the molecule is COC(=O)C1(c2ccc(F)cc2)OCCC1[Si](C)(C)C. The van der Waals surface area contributed by atoms with Crippen LogP contribution >= 0.6 is 0 Å². The number of rotatable bonds is 3. The monoisotopic (exact) mass is 296 g/mol. The first-order chi connectivity index (χ1) is 9.32. The lowest BCUT2D eigenvalue weighted by Gasteiger charge is -2.38. The molecule has 1 aliphatic heterocycles. The zero-order chi connectivity index (χ0) is 15.0. The van der Waals surface area contributed by atoms with E-state index in [-0.39, 0.29) is 17.3 Å². The summed E-state index contributed by atoms with van der Waals surface area (Å²) in [7, 11) is -0.283. The molecule has 1 aromatic carbocycles. The number of halogens is 1. The van der Waals surface area contributed by atoms with Gasteiger partial charge in [-0.05, 0) is 24.1 Å². The molecule has 1 saturated heterocycles. The molecule has 110 valence electrons. The fourth-order valence-corrected chi connectivity index (χ4v) is 5.71. The van der Waals surface area contributed by atoms with Crippen LogP contribution in [0.15, 0.2) is 24.3 Å². The second kappa shape index (κ2) is 5.29. The minimum atomic E-state index is -1.65. The minimum Gasteiger partial charge on any atom is -0.467 e. The Bertz CT molecular complexity index is 495. The molecule has 20 heavy (non-hydrogen) atoms. The van der Waals surface area contributed by atoms with Crippen LogP contribution in [-0.2, 0) is 19.9 Å². The van der Waals surface area contributed by atoms with E-state index < -0.39 is 13.7 Å². The molecule has 2 atom stereocenters. The molecule has 1 aliphatic rings. The molecule has 0 bridgehead atoms. The summed E-state index contributed by atoms with van der Waals surface area (Å²) < 4.78 is 24.1. The molecule has 0 amide bonds. The van der Waals surface area contributed by atoms with E-state index in [1.807, 2.05) is 0 Å². The molecule has 2 rings (SSSR count). The van der Waals surface area contributed by atoms with E-state index in [0.29, 0.717) is 12.2 Å². The zero-order valence-electron chi connectivity index (χ0n) is 12.4. The van der Waals surface area contributed by atoms with Gasteiger partial charge in [-0.1, -0.05) is 31.8 Å². The smallest absolute Gasteiger partial charge is 0.342 e. The van der Waals surface area contributed by atoms with Crippen LogP contribution in [0.3, 0.4) is 0 Å². The van der Waals surface area contributed by atoms with Crippen molar-refractivity contribution in [1.29, 1.82) is 0 Å². The fourth-order valence-electron chi connectivity index (χ4n) is 3.14. The van der Waals surface area contributed by atoms with Crippen molar-refractivity contribution in [1.82, 2.24) is 0 Å². The Balaban J connectivity index is 2.56. The molecule has 0 spiro atoms. The average Bonchev–Trinajstić information content (AvgIpc) is 2.84. The Morgan fingerprint density at radius 1 is 1.35 bits per heavy atom. The molecule has 0 aromatic heterocycles. The van der Waals surface area contributed by atoms with Crippen molar-refractivity contribution in [2.45, 2.75) is 37.2 Å². The molecule has 2 unspecified atom stereocenters. The van der Waals surface area contributed by atoms with Crippen molar-refractivity contribution < 1.29 is 18.7 Å². The molecular formula is C15H21FO3Si. The van der Waals surface area contributed by atoms with Crippen LogP contribution in [0.1, 0.15) is 12.0 Å². The highest BCUT2D eigenvalue weighted by atomic mass is 28.3. The highest BCUT2D eigenvalue weighted by Gasteiger charge is 2.57. The second-order valence-electron chi connectivity index (χ2n) is 6.29. The maximum atomic E-state index is 13.2. The normalized spacial score (nSPS) is 26.6. The fraction of sp³-hybridized carbons (Fsp3) is 0.533. The predicted octanol–water partition coefficient (Wildman–Crippen LogP) is 3.32. The highest BCUT2D eigenvalue weighted by molar-refractivity contribution is 6.78. The van der Waals surface area contributed by atoms with E-state index in [4.69, 9.17) is 9.47 Å². The zero-order valence-corrected chi connectivity index (χ0v) is 13.4. The van der Waals surface area contributed by atoms with Gasteiger partial charge in [-0.25, -0.2) is 9.18 Å². The third-order valence-corrected chi connectivity index (χ3v) is 6.82. The van der Waals surface area contributed by atoms with Crippen molar-refractivity contribution in [3.8, 4) is 0 Å². The van der Waals surface area contributed by atoms with Crippen molar-refractivity contribution in [2.24, 2.45) is 0 Å². The van der Waals surface area contributed by atoms with Crippen LogP contribution in [0.4, 0.5) is 4.39 Å². The quantitative estimate of drug-likeness (QED) is 0.634. The summed E-state index contributed by atoms with van der Waals surface area (Å²) in [4.78, 5) is 12.5. The summed E-state index contributed by atoms with van der Waals surface area (Å²) in [5.41, 5.74) is -0.268. The Hall–Kier alpha value is -1.20. The van der Waals surface area contributed by atoms with E-state index in [1.165, 1.54) is 19.2 Å². The molecule has 5 heteroatoms. The van der Waals surface area contributed by atoms with Gasteiger partial charge in [0.25, 0.3) is 0 Å². The average molecular weight is 296 g/mol. The number of hydrogen-bond acceptors (Lipinski definition) is 3. The van der Waals surface area contributed by atoms with Gasteiger partial charge in [-0.15, -0.1) is 0 Å². The van der Waals surface area contributed by atoms with Gasteiger partial charge in [0.1, 0.15) is 5.82 Å².